The van der Waals surface area contributed by atoms with E-state index in [2.05, 4.69) is 4.72 Å². The van der Waals surface area contributed by atoms with E-state index in [1.54, 1.807) is 18.2 Å². The number of hydrogen-bond acceptors (Lipinski definition) is 4. The zero-order chi connectivity index (χ0) is 16.9. The van der Waals surface area contributed by atoms with E-state index in [9.17, 15) is 12.8 Å². The molecular formula is C16H18FNO4S. The predicted molar refractivity (Wildman–Crippen MR) is 84.6 cm³/mol. The SMILES string of the molecule is CCOc1ccccc1CNS(=O)(=O)c1ccc(OC)c(F)c1. The van der Waals surface area contributed by atoms with Gasteiger partial charge in [-0.15, -0.1) is 0 Å². The van der Waals surface area contributed by atoms with Gasteiger partial charge in [-0.1, -0.05) is 18.2 Å². The number of benzene rings is 2. The van der Waals surface area contributed by atoms with E-state index in [4.69, 9.17) is 9.47 Å². The minimum absolute atomic E-state index is 0.00867. The molecule has 0 aliphatic heterocycles. The van der Waals surface area contributed by atoms with Gasteiger partial charge in [0.1, 0.15) is 5.75 Å². The van der Waals surface area contributed by atoms with E-state index in [0.29, 0.717) is 17.9 Å². The lowest BCUT2D eigenvalue weighted by Gasteiger charge is -2.12. The third-order valence-corrected chi connectivity index (χ3v) is 4.56. The average Bonchev–Trinajstić information content (AvgIpc) is 2.54. The van der Waals surface area contributed by atoms with Crippen LogP contribution in [0.15, 0.2) is 47.4 Å². The monoisotopic (exact) mass is 339 g/mol. The second-order valence-corrected chi connectivity index (χ2v) is 6.43. The summed E-state index contributed by atoms with van der Waals surface area (Å²) in [7, 11) is -2.52. The highest BCUT2D eigenvalue weighted by Gasteiger charge is 2.17. The Morgan fingerprint density at radius 1 is 1.13 bits per heavy atom. The van der Waals surface area contributed by atoms with Crippen molar-refractivity contribution in [3.63, 3.8) is 0 Å². The first-order valence-corrected chi connectivity index (χ1v) is 8.50. The molecule has 124 valence electrons. The number of hydrogen-bond donors (Lipinski definition) is 1. The quantitative estimate of drug-likeness (QED) is 0.842. The van der Waals surface area contributed by atoms with Crippen LogP contribution in [-0.2, 0) is 16.6 Å². The van der Waals surface area contributed by atoms with Gasteiger partial charge in [-0.3, -0.25) is 0 Å². The maximum atomic E-state index is 13.7. The number of ether oxygens (including phenoxy) is 2. The smallest absolute Gasteiger partial charge is 0.240 e. The predicted octanol–water partition coefficient (Wildman–Crippen LogP) is 2.71. The highest BCUT2D eigenvalue weighted by molar-refractivity contribution is 7.89. The van der Waals surface area contributed by atoms with Crippen molar-refractivity contribution in [2.24, 2.45) is 0 Å². The van der Waals surface area contributed by atoms with Crippen LogP contribution in [0.3, 0.4) is 0 Å². The number of rotatable bonds is 7. The maximum Gasteiger partial charge on any atom is 0.240 e. The van der Waals surface area contributed by atoms with Gasteiger partial charge >= 0.3 is 0 Å². The van der Waals surface area contributed by atoms with Gasteiger partial charge < -0.3 is 9.47 Å². The van der Waals surface area contributed by atoms with Gasteiger partial charge in [-0.05, 0) is 31.2 Å². The lowest BCUT2D eigenvalue weighted by atomic mass is 10.2. The molecule has 0 heterocycles. The van der Waals surface area contributed by atoms with E-state index in [-0.39, 0.29) is 17.2 Å². The minimum atomic E-state index is -3.84. The average molecular weight is 339 g/mol. The van der Waals surface area contributed by atoms with Crippen LogP contribution in [0.1, 0.15) is 12.5 Å². The fraction of sp³-hybridized carbons (Fsp3) is 0.250. The molecule has 0 amide bonds. The maximum absolute atomic E-state index is 13.7. The largest absolute Gasteiger partial charge is 0.494 e. The number of methoxy groups -OCH3 is 1. The fourth-order valence-corrected chi connectivity index (χ4v) is 3.03. The standard InChI is InChI=1S/C16H18FNO4S/c1-3-22-15-7-5-4-6-12(15)11-18-23(19,20)13-8-9-16(21-2)14(17)10-13/h4-10,18H,3,11H2,1-2H3. The van der Waals surface area contributed by atoms with Gasteiger partial charge in [0.2, 0.25) is 10.0 Å². The molecular weight excluding hydrogens is 321 g/mol. The van der Waals surface area contributed by atoms with Crippen molar-refractivity contribution in [3.05, 3.63) is 53.8 Å². The van der Waals surface area contributed by atoms with Crippen LogP contribution in [0, 0.1) is 5.82 Å². The molecule has 0 fully saturated rings. The van der Waals surface area contributed by atoms with E-state index >= 15 is 0 Å². The highest BCUT2D eigenvalue weighted by Crippen LogP contribution is 2.22. The third kappa shape index (κ3) is 4.20. The summed E-state index contributed by atoms with van der Waals surface area (Å²) in [6, 6.07) is 10.6. The van der Waals surface area contributed by atoms with Crippen LogP contribution >= 0.6 is 0 Å². The Bertz CT molecular complexity index is 777. The first-order valence-electron chi connectivity index (χ1n) is 7.02. The Morgan fingerprint density at radius 3 is 2.52 bits per heavy atom. The van der Waals surface area contributed by atoms with E-state index in [0.717, 1.165) is 6.07 Å². The second kappa shape index (κ2) is 7.43. The molecule has 0 aliphatic carbocycles. The summed E-state index contributed by atoms with van der Waals surface area (Å²) < 4.78 is 50.9. The van der Waals surface area contributed by atoms with Crippen LogP contribution in [0.5, 0.6) is 11.5 Å². The van der Waals surface area contributed by atoms with Crippen molar-refractivity contribution in [3.8, 4) is 11.5 Å². The Morgan fingerprint density at radius 2 is 1.87 bits per heavy atom. The van der Waals surface area contributed by atoms with Crippen LogP contribution in [0.4, 0.5) is 4.39 Å². The van der Waals surface area contributed by atoms with E-state index in [1.165, 1.54) is 19.2 Å². The lowest BCUT2D eigenvalue weighted by molar-refractivity contribution is 0.336. The number of nitrogens with one attached hydrogen (secondary N) is 1. The number of para-hydroxylation sites is 1. The summed E-state index contributed by atoms with van der Waals surface area (Å²) >= 11 is 0. The molecule has 0 bridgehead atoms. The molecule has 5 nitrogen and oxygen atoms in total. The Kier molecular flexibility index (Phi) is 5.57. The minimum Gasteiger partial charge on any atom is -0.494 e. The molecule has 0 radical (unpaired) electrons. The molecule has 7 heteroatoms. The summed E-state index contributed by atoms with van der Waals surface area (Å²) in [6.45, 7) is 2.38. The van der Waals surface area contributed by atoms with Crippen molar-refractivity contribution < 1.29 is 22.3 Å². The second-order valence-electron chi connectivity index (χ2n) is 4.66. The molecule has 1 N–H and O–H groups in total. The van der Waals surface area contributed by atoms with Crippen molar-refractivity contribution in [2.45, 2.75) is 18.4 Å². The van der Waals surface area contributed by atoms with Crippen LogP contribution in [-0.4, -0.2) is 22.1 Å². The first-order chi connectivity index (χ1) is 11.0. The van der Waals surface area contributed by atoms with E-state index < -0.39 is 15.8 Å². The third-order valence-electron chi connectivity index (χ3n) is 3.16. The molecule has 0 unspecified atom stereocenters. The molecule has 0 saturated carbocycles. The summed E-state index contributed by atoms with van der Waals surface area (Å²) in [5.74, 6) is -0.130. The topological polar surface area (TPSA) is 64.6 Å². The Hall–Kier alpha value is -2.12. The van der Waals surface area contributed by atoms with Crippen molar-refractivity contribution in [1.82, 2.24) is 4.72 Å². The summed E-state index contributed by atoms with van der Waals surface area (Å²) in [4.78, 5) is -0.162. The van der Waals surface area contributed by atoms with E-state index in [1.807, 2.05) is 13.0 Å². The Labute approximate surface area is 135 Å². The molecule has 0 atom stereocenters. The molecule has 23 heavy (non-hydrogen) atoms. The molecule has 0 saturated heterocycles. The molecule has 0 aromatic heterocycles. The lowest BCUT2D eigenvalue weighted by Crippen LogP contribution is -2.23. The van der Waals surface area contributed by atoms with Crippen molar-refractivity contribution in [1.29, 1.82) is 0 Å². The van der Waals surface area contributed by atoms with Gasteiger partial charge in [0.05, 0.1) is 18.6 Å². The number of halogens is 1. The van der Waals surface area contributed by atoms with Crippen LogP contribution in [0.25, 0.3) is 0 Å². The summed E-state index contributed by atoms with van der Waals surface area (Å²) in [5.41, 5.74) is 0.701. The summed E-state index contributed by atoms with van der Waals surface area (Å²) in [6.07, 6.45) is 0. The van der Waals surface area contributed by atoms with Gasteiger partial charge in [0, 0.05) is 12.1 Å². The molecule has 2 aromatic rings. The van der Waals surface area contributed by atoms with Gasteiger partial charge in [-0.25, -0.2) is 17.5 Å². The summed E-state index contributed by atoms with van der Waals surface area (Å²) in [5, 5.41) is 0. The molecule has 0 spiro atoms. The highest BCUT2D eigenvalue weighted by atomic mass is 32.2. The van der Waals surface area contributed by atoms with Gasteiger partial charge in [0.15, 0.2) is 11.6 Å². The normalized spacial score (nSPS) is 11.3. The molecule has 2 rings (SSSR count). The van der Waals surface area contributed by atoms with Gasteiger partial charge in [0.25, 0.3) is 0 Å². The fourth-order valence-electron chi connectivity index (χ4n) is 2.02. The number of sulfonamides is 1. The first kappa shape index (κ1) is 17.2. The Balaban J connectivity index is 2.18. The van der Waals surface area contributed by atoms with Crippen molar-refractivity contribution in [2.75, 3.05) is 13.7 Å². The molecule has 2 aromatic carbocycles. The van der Waals surface area contributed by atoms with Crippen LogP contribution < -0.4 is 14.2 Å². The molecule has 0 aliphatic rings. The van der Waals surface area contributed by atoms with Crippen LogP contribution in [0.2, 0.25) is 0 Å². The zero-order valence-corrected chi connectivity index (χ0v) is 13.7. The van der Waals surface area contributed by atoms with Gasteiger partial charge in [-0.2, -0.15) is 0 Å². The zero-order valence-electron chi connectivity index (χ0n) is 12.9. The van der Waals surface area contributed by atoms with Crippen molar-refractivity contribution >= 4 is 10.0 Å².